The number of nitrogens with two attached hydrogens (primary N) is 1. The van der Waals surface area contributed by atoms with E-state index in [2.05, 4.69) is 5.10 Å². The van der Waals surface area contributed by atoms with Gasteiger partial charge in [-0.1, -0.05) is 54.6 Å². The number of aliphatic hydroxyl groups excluding tert-OH is 1. The van der Waals surface area contributed by atoms with E-state index in [1.165, 1.54) is 12.1 Å². The number of carbonyl (C=O) groups is 1. The monoisotopic (exact) mass is 429 g/mol. The molecule has 1 aromatic heterocycles. The van der Waals surface area contributed by atoms with Gasteiger partial charge in [0.1, 0.15) is 17.6 Å². The van der Waals surface area contributed by atoms with E-state index >= 15 is 0 Å². The van der Waals surface area contributed by atoms with Crippen LogP contribution in [0.4, 0.5) is 4.39 Å². The molecular formula is C26H24FN3O2. The van der Waals surface area contributed by atoms with Gasteiger partial charge in [-0.15, -0.1) is 0 Å². The van der Waals surface area contributed by atoms with Gasteiger partial charge >= 0.3 is 0 Å². The van der Waals surface area contributed by atoms with Crippen LogP contribution in [0.1, 0.15) is 44.5 Å². The average molecular weight is 429 g/mol. The zero-order valence-electron chi connectivity index (χ0n) is 17.7. The molecule has 0 amide bonds. The number of benzene rings is 3. The van der Waals surface area contributed by atoms with E-state index in [0.717, 1.165) is 5.56 Å². The summed E-state index contributed by atoms with van der Waals surface area (Å²) in [4.78, 5) is 13.3. The number of aromatic nitrogens is 2. The number of carbonyl (C=O) groups excluding carboxylic acids is 1. The molecule has 0 fully saturated rings. The highest BCUT2D eigenvalue weighted by Gasteiger charge is 2.22. The molecule has 0 bridgehead atoms. The number of halogens is 1. The van der Waals surface area contributed by atoms with Crippen LogP contribution < -0.4 is 5.73 Å². The Kier molecular flexibility index (Phi) is 6.25. The van der Waals surface area contributed by atoms with Crippen molar-refractivity contribution in [2.75, 3.05) is 0 Å². The van der Waals surface area contributed by atoms with E-state index in [9.17, 15) is 14.3 Å². The van der Waals surface area contributed by atoms with E-state index in [4.69, 9.17) is 5.73 Å². The smallest absolute Gasteiger partial charge is 0.185 e. The minimum absolute atomic E-state index is 0.176. The van der Waals surface area contributed by atoms with Crippen LogP contribution in [0.15, 0.2) is 78.9 Å². The first-order valence-corrected chi connectivity index (χ1v) is 10.4. The van der Waals surface area contributed by atoms with Crippen molar-refractivity contribution in [2.45, 2.75) is 26.0 Å². The fourth-order valence-corrected chi connectivity index (χ4v) is 3.79. The molecule has 0 aliphatic carbocycles. The third kappa shape index (κ3) is 4.37. The van der Waals surface area contributed by atoms with Crippen molar-refractivity contribution in [3.05, 3.63) is 118 Å². The Morgan fingerprint density at radius 2 is 1.81 bits per heavy atom. The summed E-state index contributed by atoms with van der Waals surface area (Å²) in [5.41, 5.74) is 9.57. The summed E-state index contributed by atoms with van der Waals surface area (Å²) in [5.74, 6) is -0.825. The molecule has 0 aliphatic rings. The number of hydrogen-bond acceptors (Lipinski definition) is 4. The number of Topliss-reactive ketones (excluding diaryl/α,β-unsaturated/α-hetero) is 1. The predicted molar refractivity (Wildman–Crippen MR) is 121 cm³/mol. The highest BCUT2D eigenvalue weighted by Crippen LogP contribution is 2.28. The molecule has 1 atom stereocenters. The Bertz CT molecular complexity index is 1250. The van der Waals surface area contributed by atoms with Crippen LogP contribution in [0, 0.1) is 12.7 Å². The van der Waals surface area contributed by atoms with Crippen LogP contribution in [0.2, 0.25) is 0 Å². The first kappa shape index (κ1) is 21.6. The second-order valence-electron chi connectivity index (χ2n) is 7.68. The number of nitrogens with zero attached hydrogens (tertiary/aromatic N) is 2. The molecule has 0 spiro atoms. The summed E-state index contributed by atoms with van der Waals surface area (Å²) in [7, 11) is 0. The second kappa shape index (κ2) is 9.26. The van der Waals surface area contributed by atoms with Gasteiger partial charge in [0.05, 0.1) is 11.4 Å². The number of aliphatic hydroxyl groups is 1. The van der Waals surface area contributed by atoms with E-state index in [0.29, 0.717) is 34.7 Å². The summed E-state index contributed by atoms with van der Waals surface area (Å²) < 4.78 is 16.4. The average Bonchev–Trinajstić information content (AvgIpc) is 3.22. The quantitative estimate of drug-likeness (QED) is 0.430. The second-order valence-corrected chi connectivity index (χ2v) is 7.68. The summed E-state index contributed by atoms with van der Waals surface area (Å²) in [6.45, 7) is 2.17. The molecule has 32 heavy (non-hydrogen) atoms. The summed E-state index contributed by atoms with van der Waals surface area (Å²) in [5, 5.41) is 15.3. The lowest BCUT2D eigenvalue weighted by atomic mass is 9.93. The normalized spacial score (nSPS) is 12.0. The fourth-order valence-electron chi connectivity index (χ4n) is 3.79. The highest BCUT2D eigenvalue weighted by atomic mass is 19.1. The molecular weight excluding hydrogens is 405 g/mol. The number of ketones is 1. The third-order valence-electron chi connectivity index (χ3n) is 5.41. The molecule has 3 N–H and O–H groups in total. The maximum Gasteiger partial charge on any atom is 0.185 e. The first-order valence-electron chi connectivity index (χ1n) is 10.4. The van der Waals surface area contributed by atoms with Crippen molar-refractivity contribution in [1.82, 2.24) is 9.78 Å². The van der Waals surface area contributed by atoms with Gasteiger partial charge in [-0.2, -0.15) is 5.10 Å². The van der Waals surface area contributed by atoms with Crippen molar-refractivity contribution >= 4 is 5.78 Å². The van der Waals surface area contributed by atoms with E-state index in [-0.39, 0.29) is 17.8 Å². The Balaban J connectivity index is 1.70. The lowest BCUT2D eigenvalue weighted by Crippen LogP contribution is -2.15. The third-order valence-corrected chi connectivity index (χ3v) is 5.41. The van der Waals surface area contributed by atoms with E-state index in [1.54, 1.807) is 48.0 Å². The number of rotatable bonds is 7. The van der Waals surface area contributed by atoms with Crippen LogP contribution in [0.5, 0.6) is 0 Å². The van der Waals surface area contributed by atoms with Crippen molar-refractivity contribution in [2.24, 2.45) is 5.73 Å². The minimum atomic E-state index is -1.04. The molecule has 0 saturated heterocycles. The number of aryl methyl sites for hydroxylation is 1. The number of hydrogen-bond donors (Lipinski definition) is 2. The Labute approximate surface area is 185 Å². The maximum absolute atomic E-state index is 14.8. The molecule has 0 aliphatic heterocycles. The molecule has 162 valence electrons. The van der Waals surface area contributed by atoms with Crippen molar-refractivity contribution < 1.29 is 14.3 Å². The zero-order valence-corrected chi connectivity index (χ0v) is 17.7. The van der Waals surface area contributed by atoms with Crippen LogP contribution in [0.25, 0.3) is 5.69 Å². The Morgan fingerprint density at radius 1 is 1.06 bits per heavy atom. The van der Waals surface area contributed by atoms with Gasteiger partial charge in [0, 0.05) is 18.5 Å². The van der Waals surface area contributed by atoms with Gasteiger partial charge in [-0.3, -0.25) is 4.79 Å². The molecule has 5 nitrogen and oxygen atoms in total. The van der Waals surface area contributed by atoms with Gasteiger partial charge in [0.15, 0.2) is 5.78 Å². The largest absolute Gasteiger partial charge is 0.384 e. The fraction of sp³-hybridized carbons (Fsp3) is 0.154. The molecule has 4 aromatic rings. The van der Waals surface area contributed by atoms with Crippen molar-refractivity contribution in [3.8, 4) is 5.69 Å². The van der Waals surface area contributed by atoms with Crippen LogP contribution in [-0.2, 0) is 13.0 Å². The summed E-state index contributed by atoms with van der Waals surface area (Å²) in [6.07, 6.45) is -1.24. The molecule has 4 rings (SSSR count). The molecule has 3 aromatic carbocycles. The minimum Gasteiger partial charge on any atom is -0.384 e. The highest BCUT2D eigenvalue weighted by molar-refractivity contribution is 5.97. The van der Waals surface area contributed by atoms with Crippen LogP contribution in [0.3, 0.4) is 0 Å². The molecule has 6 heteroatoms. The Hall–Kier alpha value is -3.61. The SMILES string of the molecule is Cc1cc(C(=O)Cc2c(F)cccc2C(O)c2ccccc2)n(-c2cccc(CN)c2)n1. The van der Waals surface area contributed by atoms with Crippen molar-refractivity contribution in [1.29, 1.82) is 0 Å². The predicted octanol–water partition coefficient (Wildman–Crippen LogP) is 4.29. The van der Waals surface area contributed by atoms with Gasteiger partial charge in [-0.25, -0.2) is 9.07 Å². The maximum atomic E-state index is 14.8. The van der Waals surface area contributed by atoms with Gasteiger partial charge < -0.3 is 10.8 Å². The van der Waals surface area contributed by atoms with Crippen molar-refractivity contribution in [3.63, 3.8) is 0 Å². The molecule has 0 saturated carbocycles. The molecule has 1 unspecified atom stereocenters. The van der Waals surface area contributed by atoms with Gasteiger partial charge in [0.25, 0.3) is 0 Å². The zero-order chi connectivity index (χ0) is 22.7. The van der Waals surface area contributed by atoms with E-state index in [1.807, 2.05) is 30.3 Å². The first-order chi connectivity index (χ1) is 15.5. The molecule has 0 radical (unpaired) electrons. The lowest BCUT2D eigenvalue weighted by molar-refractivity contribution is 0.0983. The van der Waals surface area contributed by atoms with Gasteiger partial charge in [-0.05, 0) is 47.9 Å². The Morgan fingerprint density at radius 3 is 2.56 bits per heavy atom. The van der Waals surface area contributed by atoms with Gasteiger partial charge in [0.2, 0.25) is 0 Å². The lowest BCUT2D eigenvalue weighted by Gasteiger charge is -2.17. The van der Waals surface area contributed by atoms with Crippen LogP contribution >= 0.6 is 0 Å². The topological polar surface area (TPSA) is 81.1 Å². The van der Waals surface area contributed by atoms with E-state index < -0.39 is 11.9 Å². The summed E-state index contributed by atoms with van der Waals surface area (Å²) in [6, 6.07) is 22.6. The summed E-state index contributed by atoms with van der Waals surface area (Å²) >= 11 is 0. The van der Waals surface area contributed by atoms with Crippen LogP contribution in [-0.4, -0.2) is 20.7 Å². The molecule has 1 heterocycles. The standard InChI is InChI=1S/C26H24FN3O2/c1-17-13-24(30(29-17)20-10-5-7-18(14-20)16-28)25(31)15-22-21(11-6-12-23(22)27)26(32)19-8-3-2-4-9-19/h2-14,26,32H,15-16,28H2,1H3.